The Balaban J connectivity index is 2.03. The summed E-state index contributed by atoms with van der Waals surface area (Å²) < 4.78 is 0. The van der Waals surface area contributed by atoms with E-state index in [0.717, 1.165) is 18.5 Å². The maximum absolute atomic E-state index is 5.85. The van der Waals surface area contributed by atoms with Crippen molar-refractivity contribution in [2.24, 2.45) is 11.1 Å². The quantitative estimate of drug-likeness (QED) is 0.849. The van der Waals surface area contributed by atoms with Crippen LogP contribution in [0.1, 0.15) is 18.4 Å². The minimum absolute atomic E-state index is 0.393. The monoisotopic (exact) mass is 212 g/mol. The van der Waals surface area contributed by atoms with Crippen molar-refractivity contribution in [3.8, 4) is 0 Å². The molecule has 0 bridgehead atoms. The highest BCUT2D eigenvalue weighted by molar-refractivity contribution is 5.81. The summed E-state index contributed by atoms with van der Waals surface area (Å²) >= 11 is 0. The van der Waals surface area contributed by atoms with E-state index in [2.05, 4.69) is 29.2 Å². The van der Waals surface area contributed by atoms with Gasteiger partial charge >= 0.3 is 0 Å². The predicted molar refractivity (Wildman–Crippen MR) is 66.2 cm³/mol. The third kappa shape index (κ3) is 1.59. The molecule has 0 amide bonds. The molecule has 1 aromatic heterocycles. The predicted octanol–water partition coefficient (Wildman–Crippen LogP) is 2.52. The molecule has 0 saturated heterocycles. The standard InChI is InChI=1S/C14H16N2/c15-10-14(6-7-14)9-11-5-8-16-13-4-2-1-3-12(11)13/h1-5,8H,6-7,9-10,15H2. The highest BCUT2D eigenvalue weighted by Gasteiger charge is 2.41. The molecule has 1 fully saturated rings. The highest BCUT2D eigenvalue weighted by atomic mass is 14.7. The van der Waals surface area contributed by atoms with Crippen molar-refractivity contribution in [1.29, 1.82) is 0 Å². The van der Waals surface area contributed by atoms with Crippen LogP contribution in [0.4, 0.5) is 0 Å². The fourth-order valence-corrected chi connectivity index (χ4v) is 2.34. The smallest absolute Gasteiger partial charge is 0.0704 e. The van der Waals surface area contributed by atoms with Crippen LogP contribution in [-0.2, 0) is 6.42 Å². The Morgan fingerprint density at radius 2 is 2.00 bits per heavy atom. The van der Waals surface area contributed by atoms with Crippen LogP contribution in [-0.4, -0.2) is 11.5 Å². The first-order valence-corrected chi connectivity index (χ1v) is 5.86. The number of nitrogens with two attached hydrogens (primary N) is 1. The second kappa shape index (κ2) is 3.56. The van der Waals surface area contributed by atoms with Gasteiger partial charge in [0.15, 0.2) is 0 Å². The number of hydrogen-bond acceptors (Lipinski definition) is 2. The molecule has 0 atom stereocenters. The van der Waals surface area contributed by atoms with Crippen molar-refractivity contribution in [1.82, 2.24) is 4.98 Å². The largest absolute Gasteiger partial charge is 0.330 e. The lowest BCUT2D eigenvalue weighted by molar-refractivity contribution is 0.523. The highest BCUT2D eigenvalue weighted by Crippen LogP contribution is 2.47. The van der Waals surface area contributed by atoms with Crippen LogP contribution in [0, 0.1) is 5.41 Å². The van der Waals surface area contributed by atoms with Gasteiger partial charge in [0.1, 0.15) is 0 Å². The molecule has 3 rings (SSSR count). The lowest BCUT2D eigenvalue weighted by atomic mass is 9.94. The lowest BCUT2D eigenvalue weighted by Crippen LogP contribution is -2.18. The number of aromatic nitrogens is 1. The third-order valence-electron chi connectivity index (χ3n) is 3.69. The van der Waals surface area contributed by atoms with E-state index in [-0.39, 0.29) is 0 Å². The summed E-state index contributed by atoms with van der Waals surface area (Å²) in [6.45, 7) is 0.809. The van der Waals surface area contributed by atoms with Gasteiger partial charge in [-0.2, -0.15) is 0 Å². The molecule has 2 N–H and O–H groups in total. The SMILES string of the molecule is NCC1(Cc2ccnc3ccccc23)CC1. The van der Waals surface area contributed by atoms with Crippen molar-refractivity contribution in [3.63, 3.8) is 0 Å². The summed E-state index contributed by atoms with van der Waals surface area (Å²) in [5, 5.41) is 1.28. The molecule has 0 unspecified atom stereocenters. The van der Waals surface area contributed by atoms with Crippen LogP contribution < -0.4 is 5.73 Å². The maximum Gasteiger partial charge on any atom is 0.0704 e. The number of fused-ring (bicyclic) bond motifs is 1. The Morgan fingerprint density at radius 3 is 2.75 bits per heavy atom. The summed E-state index contributed by atoms with van der Waals surface area (Å²) in [5.41, 5.74) is 8.73. The van der Waals surface area contributed by atoms with Gasteiger partial charge < -0.3 is 5.73 Å². The third-order valence-corrected chi connectivity index (χ3v) is 3.69. The van der Waals surface area contributed by atoms with Crippen molar-refractivity contribution in [2.75, 3.05) is 6.54 Å². The fourth-order valence-electron chi connectivity index (χ4n) is 2.34. The molecule has 0 radical (unpaired) electrons. The molecule has 82 valence electrons. The van der Waals surface area contributed by atoms with E-state index in [1.807, 2.05) is 12.3 Å². The fraction of sp³-hybridized carbons (Fsp3) is 0.357. The summed E-state index contributed by atoms with van der Waals surface area (Å²) in [6.07, 6.45) is 5.57. The summed E-state index contributed by atoms with van der Waals surface area (Å²) in [6, 6.07) is 10.5. The van der Waals surface area contributed by atoms with E-state index in [1.165, 1.54) is 23.8 Å². The van der Waals surface area contributed by atoms with Crippen molar-refractivity contribution in [2.45, 2.75) is 19.3 Å². The minimum Gasteiger partial charge on any atom is -0.330 e. The van der Waals surface area contributed by atoms with Crippen molar-refractivity contribution in [3.05, 3.63) is 42.1 Å². The number of para-hydroxylation sites is 1. The summed E-state index contributed by atoms with van der Waals surface area (Å²) in [5.74, 6) is 0. The first kappa shape index (κ1) is 9.79. The van der Waals surface area contributed by atoms with E-state index in [0.29, 0.717) is 5.41 Å². The summed E-state index contributed by atoms with van der Waals surface area (Å²) in [4.78, 5) is 4.39. The number of hydrogen-bond donors (Lipinski definition) is 1. The molecule has 2 nitrogen and oxygen atoms in total. The molecule has 1 aliphatic rings. The molecular weight excluding hydrogens is 196 g/mol. The number of benzene rings is 1. The van der Waals surface area contributed by atoms with Crippen LogP contribution in [0.5, 0.6) is 0 Å². The van der Waals surface area contributed by atoms with Gasteiger partial charge in [0.2, 0.25) is 0 Å². The van der Waals surface area contributed by atoms with Crippen LogP contribution >= 0.6 is 0 Å². The van der Waals surface area contributed by atoms with Gasteiger partial charge in [-0.25, -0.2) is 0 Å². The Bertz CT molecular complexity index is 510. The lowest BCUT2D eigenvalue weighted by Gasteiger charge is -2.13. The Morgan fingerprint density at radius 1 is 1.19 bits per heavy atom. The van der Waals surface area contributed by atoms with Gasteiger partial charge in [-0.15, -0.1) is 0 Å². The second-order valence-corrected chi connectivity index (χ2v) is 4.87. The van der Waals surface area contributed by atoms with Crippen LogP contribution in [0.15, 0.2) is 36.5 Å². The van der Waals surface area contributed by atoms with Crippen LogP contribution in [0.3, 0.4) is 0 Å². The molecule has 1 heterocycles. The Kier molecular flexibility index (Phi) is 2.18. The molecule has 0 aliphatic heterocycles. The minimum atomic E-state index is 0.393. The zero-order chi connectivity index (χ0) is 11.0. The molecular formula is C14H16N2. The molecule has 2 aromatic rings. The van der Waals surface area contributed by atoms with Crippen LogP contribution in [0.2, 0.25) is 0 Å². The summed E-state index contributed by atoms with van der Waals surface area (Å²) in [7, 11) is 0. The zero-order valence-corrected chi connectivity index (χ0v) is 9.32. The number of nitrogens with zero attached hydrogens (tertiary/aromatic N) is 1. The van der Waals surface area contributed by atoms with Gasteiger partial charge in [0, 0.05) is 11.6 Å². The van der Waals surface area contributed by atoms with Crippen molar-refractivity contribution < 1.29 is 0 Å². The number of rotatable bonds is 3. The molecule has 1 saturated carbocycles. The van der Waals surface area contributed by atoms with E-state index >= 15 is 0 Å². The normalized spacial score (nSPS) is 17.6. The van der Waals surface area contributed by atoms with E-state index in [9.17, 15) is 0 Å². The van der Waals surface area contributed by atoms with E-state index in [4.69, 9.17) is 5.73 Å². The van der Waals surface area contributed by atoms with E-state index < -0.39 is 0 Å². The molecule has 2 heteroatoms. The van der Waals surface area contributed by atoms with Gasteiger partial charge in [-0.3, -0.25) is 4.98 Å². The Hall–Kier alpha value is -1.41. The van der Waals surface area contributed by atoms with Gasteiger partial charge in [-0.05, 0) is 48.9 Å². The molecule has 0 spiro atoms. The number of pyridine rings is 1. The molecule has 1 aromatic carbocycles. The first-order chi connectivity index (χ1) is 7.83. The second-order valence-electron chi connectivity index (χ2n) is 4.87. The topological polar surface area (TPSA) is 38.9 Å². The van der Waals surface area contributed by atoms with Crippen molar-refractivity contribution >= 4 is 10.9 Å². The van der Waals surface area contributed by atoms with Gasteiger partial charge in [0.05, 0.1) is 5.52 Å². The van der Waals surface area contributed by atoms with E-state index in [1.54, 1.807) is 0 Å². The average Bonchev–Trinajstić information content (AvgIpc) is 3.10. The molecule has 16 heavy (non-hydrogen) atoms. The van der Waals surface area contributed by atoms with Crippen LogP contribution in [0.25, 0.3) is 10.9 Å². The molecule has 1 aliphatic carbocycles. The Labute approximate surface area is 95.5 Å². The van der Waals surface area contributed by atoms with Gasteiger partial charge in [0.25, 0.3) is 0 Å². The first-order valence-electron chi connectivity index (χ1n) is 5.86. The maximum atomic E-state index is 5.85. The van der Waals surface area contributed by atoms with Gasteiger partial charge in [-0.1, -0.05) is 18.2 Å². The zero-order valence-electron chi connectivity index (χ0n) is 9.32. The average molecular weight is 212 g/mol.